The van der Waals surface area contributed by atoms with Crippen molar-refractivity contribution in [3.63, 3.8) is 0 Å². The molecule has 0 N–H and O–H groups in total. The standard InChI is InChI=1S/C25H34N4O3S2/c1-4-6-13-28-22(27-11-8-7-9-12-27)19(18(3)20(17-26)23(28)30)16-21-24(31)29(25(33)34-21)14-10-15-32-5-2/h16H,4-15H2,1-3H3/b21-16+. The number of nitrogens with zero attached hydrogens (tertiary/aromatic N) is 4. The van der Waals surface area contributed by atoms with Gasteiger partial charge in [0, 0.05) is 45.0 Å². The quantitative estimate of drug-likeness (QED) is 0.266. The van der Waals surface area contributed by atoms with Crippen molar-refractivity contribution in [3.8, 4) is 6.07 Å². The lowest BCUT2D eigenvalue weighted by Crippen LogP contribution is -2.37. The average Bonchev–Trinajstić information content (AvgIpc) is 3.10. The molecule has 34 heavy (non-hydrogen) atoms. The Labute approximate surface area is 211 Å². The van der Waals surface area contributed by atoms with Gasteiger partial charge in [-0.05, 0) is 57.6 Å². The minimum atomic E-state index is -0.241. The number of amides is 1. The van der Waals surface area contributed by atoms with E-state index in [-0.39, 0.29) is 17.0 Å². The third kappa shape index (κ3) is 5.73. The largest absolute Gasteiger partial charge is 0.382 e. The zero-order valence-corrected chi connectivity index (χ0v) is 22.0. The van der Waals surface area contributed by atoms with Crippen molar-refractivity contribution in [2.75, 3.05) is 37.7 Å². The van der Waals surface area contributed by atoms with E-state index in [9.17, 15) is 14.9 Å². The molecular formula is C25H34N4O3S2. The van der Waals surface area contributed by atoms with Crippen LogP contribution in [0.3, 0.4) is 0 Å². The number of aromatic nitrogens is 1. The van der Waals surface area contributed by atoms with Crippen LogP contribution in [0.25, 0.3) is 6.08 Å². The molecular weight excluding hydrogens is 468 g/mol. The summed E-state index contributed by atoms with van der Waals surface area (Å²) in [6.07, 6.45) is 7.63. The minimum Gasteiger partial charge on any atom is -0.382 e. The van der Waals surface area contributed by atoms with Gasteiger partial charge in [0.1, 0.15) is 21.8 Å². The Balaban J connectivity index is 2.08. The highest BCUT2D eigenvalue weighted by atomic mass is 32.2. The summed E-state index contributed by atoms with van der Waals surface area (Å²) >= 11 is 6.79. The minimum absolute atomic E-state index is 0.125. The number of carbonyl (C=O) groups is 1. The summed E-state index contributed by atoms with van der Waals surface area (Å²) in [4.78, 5) is 30.9. The van der Waals surface area contributed by atoms with E-state index in [0.717, 1.165) is 50.2 Å². The van der Waals surface area contributed by atoms with Crippen LogP contribution >= 0.6 is 24.0 Å². The highest BCUT2D eigenvalue weighted by molar-refractivity contribution is 8.26. The van der Waals surface area contributed by atoms with E-state index in [1.54, 1.807) is 9.47 Å². The van der Waals surface area contributed by atoms with Crippen LogP contribution in [0.5, 0.6) is 0 Å². The molecule has 0 atom stereocenters. The summed E-state index contributed by atoms with van der Waals surface area (Å²) in [6.45, 7) is 9.85. The van der Waals surface area contributed by atoms with Gasteiger partial charge in [-0.15, -0.1) is 0 Å². The molecule has 2 saturated heterocycles. The van der Waals surface area contributed by atoms with Gasteiger partial charge in [0.25, 0.3) is 11.5 Å². The average molecular weight is 503 g/mol. The SMILES string of the molecule is CCCCn1c(N2CCCCC2)c(/C=C2/SC(=S)N(CCCOCC)C2=O)c(C)c(C#N)c1=O. The van der Waals surface area contributed by atoms with Crippen LogP contribution in [0.2, 0.25) is 0 Å². The Hall–Kier alpha value is -2.15. The summed E-state index contributed by atoms with van der Waals surface area (Å²) in [5.41, 5.74) is 1.32. The zero-order valence-electron chi connectivity index (χ0n) is 20.4. The first-order valence-corrected chi connectivity index (χ1v) is 13.4. The van der Waals surface area contributed by atoms with Crippen LogP contribution in [-0.2, 0) is 16.1 Å². The van der Waals surface area contributed by atoms with E-state index in [2.05, 4.69) is 17.9 Å². The first-order valence-electron chi connectivity index (χ1n) is 12.2. The molecule has 7 nitrogen and oxygen atoms in total. The van der Waals surface area contributed by atoms with E-state index in [0.29, 0.717) is 47.5 Å². The maximum absolute atomic E-state index is 13.3. The second kappa shape index (κ2) is 12.5. The Morgan fingerprint density at radius 3 is 2.53 bits per heavy atom. The summed E-state index contributed by atoms with van der Waals surface area (Å²) < 4.78 is 7.69. The highest BCUT2D eigenvalue weighted by Crippen LogP contribution is 2.36. The van der Waals surface area contributed by atoms with Gasteiger partial charge in [0.15, 0.2) is 0 Å². The lowest BCUT2D eigenvalue weighted by Gasteiger charge is -2.33. The molecule has 0 spiro atoms. The first kappa shape index (κ1) is 26.5. The summed E-state index contributed by atoms with van der Waals surface area (Å²) in [5.74, 6) is 0.705. The Kier molecular flexibility index (Phi) is 9.74. The van der Waals surface area contributed by atoms with Crippen LogP contribution in [0.1, 0.15) is 69.1 Å². The number of nitriles is 1. The van der Waals surface area contributed by atoms with Gasteiger partial charge >= 0.3 is 0 Å². The fraction of sp³-hybridized carbons (Fsp3) is 0.600. The maximum Gasteiger partial charge on any atom is 0.270 e. The molecule has 0 aromatic carbocycles. The maximum atomic E-state index is 13.3. The number of pyridine rings is 1. The second-order valence-corrected chi connectivity index (χ2v) is 10.3. The first-order chi connectivity index (χ1) is 16.4. The molecule has 3 heterocycles. The number of piperidine rings is 1. The van der Waals surface area contributed by atoms with E-state index < -0.39 is 0 Å². The number of hydrogen-bond acceptors (Lipinski definition) is 7. The van der Waals surface area contributed by atoms with Crippen molar-refractivity contribution in [2.45, 2.75) is 65.8 Å². The Morgan fingerprint density at radius 1 is 1.15 bits per heavy atom. The van der Waals surface area contributed by atoms with E-state index in [4.69, 9.17) is 17.0 Å². The van der Waals surface area contributed by atoms with Gasteiger partial charge in [-0.25, -0.2) is 0 Å². The molecule has 0 unspecified atom stereocenters. The van der Waals surface area contributed by atoms with Crippen molar-refractivity contribution < 1.29 is 9.53 Å². The summed E-state index contributed by atoms with van der Waals surface area (Å²) in [5, 5.41) is 9.80. The van der Waals surface area contributed by atoms with Crippen molar-refractivity contribution in [3.05, 3.63) is 31.9 Å². The number of anilines is 1. The Bertz CT molecular complexity index is 1050. The molecule has 0 radical (unpaired) electrons. The number of thioether (sulfide) groups is 1. The molecule has 9 heteroatoms. The van der Waals surface area contributed by atoms with Crippen LogP contribution < -0.4 is 10.5 Å². The second-order valence-electron chi connectivity index (χ2n) is 8.59. The molecule has 1 aromatic rings. The molecule has 184 valence electrons. The predicted octanol–water partition coefficient (Wildman–Crippen LogP) is 4.45. The van der Waals surface area contributed by atoms with E-state index >= 15 is 0 Å². The highest BCUT2D eigenvalue weighted by Gasteiger charge is 2.33. The molecule has 1 aromatic heterocycles. The molecule has 2 aliphatic rings. The lowest BCUT2D eigenvalue weighted by molar-refractivity contribution is -0.122. The molecule has 0 aliphatic carbocycles. The molecule has 1 amide bonds. The third-order valence-corrected chi connectivity index (χ3v) is 7.64. The van der Waals surface area contributed by atoms with Crippen LogP contribution in [0, 0.1) is 18.3 Å². The number of thiocarbonyl (C=S) groups is 1. The molecule has 0 bridgehead atoms. The normalized spacial score (nSPS) is 17.6. The fourth-order valence-electron chi connectivity index (χ4n) is 4.41. The number of carbonyl (C=O) groups excluding carboxylic acids is 1. The smallest absolute Gasteiger partial charge is 0.270 e. The number of unbranched alkanes of at least 4 members (excludes halogenated alkanes) is 1. The molecule has 3 rings (SSSR count). The van der Waals surface area contributed by atoms with Crippen molar-refractivity contribution in [1.29, 1.82) is 5.26 Å². The molecule has 0 saturated carbocycles. The van der Waals surface area contributed by atoms with Gasteiger partial charge in [-0.3, -0.25) is 19.1 Å². The topological polar surface area (TPSA) is 78.6 Å². The van der Waals surface area contributed by atoms with Crippen molar-refractivity contribution >= 4 is 46.1 Å². The van der Waals surface area contributed by atoms with Gasteiger partial charge in [-0.2, -0.15) is 5.26 Å². The summed E-state index contributed by atoms with van der Waals surface area (Å²) in [7, 11) is 0. The fourth-order valence-corrected chi connectivity index (χ4v) is 5.70. The van der Waals surface area contributed by atoms with Crippen LogP contribution in [-0.4, -0.2) is 52.5 Å². The molecule has 2 fully saturated rings. The number of hydrogen-bond donors (Lipinski definition) is 0. The van der Waals surface area contributed by atoms with Gasteiger partial charge in [-0.1, -0.05) is 37.3 Å². The number of ether oxygens (including phenoxy) is 1. The van der Waals surface area contributed by atoms with Crippen molar-refractivity contribution in [1.82, 2.24) is 9.47 Å². The zero-order chi connectivity index (χ0) is 24.7. The van der Waals surface area contributed by atoms with Gasteiger partial charge < -0.3 is 9.64 Å². The third-order valence-electron chi connectivity index (χ3n) is 6.26. The van der Waals surface area contributed by atoms with Gasteiger partial charge in [0.2, 0.25) is 0 Å². The summed E-state index contributed by atoms with van der Waals surface area (Å²) in [6, 6.07) is 2.12. The monoisotopic (exact) mass is 502 g/mol. The Morgan fingerprint density at radius 2 is 1.88 bits per heavy atom. The molecule has 2 aliphatic heterocycles. The van der Waals surface area contributed by atoms with Crippen LogP contribution in [0.15, 0.2) is 9.70 Å². The van der Waals surface area contributed by atoms with Crippen molar-refractivity contribution in [2.24, 2.45) is 0 Å². The lowest BCUT2D eigenvalue weighted by atomic mass is 10.0. The number of rotatable bonds is 10. The van der Waals surface area contributed by atoms with Crippen LogP contribution in [0.4, 0.5) is 5.82 Å². The van der Waals surface area contributed by atoms with Gasteiger partial charge in [0.05, 0.1) is 4.91 Å². The van der Waals surface area contributed by atoms with E-state index in [1.165, 1.54) is 18.2 Å². The predicted molar refractivity (Wildman–Crippen MR) is 142 cm³/mol. The van der Waals surface area contributed by atoms with E-state index in [1.807, 2.05) is 19.9 Å².